The molecule has 3 aromatic heterocycles. The maximum absolute atomic E-state index is 5.16. The molecule has 0 saturated carbocycles. The normalized spacial score (nSPS) is 10.1. The number of hydrogen-bond donors (Lipinski definition) is 0. The lowest BCUT2D eigenvalue weighted by molar-refractivity contribution is 0.427. The second-order valence-corrected chi connectivity index (χ2v) is 7.21. The Morgan fingerprint density at radius 2 is 2.00 bits per heavy atom. The van der Waals surface area contributed by atoms with Gasteiger partial charge in [0.1, 0.15) is 0 Å². The molecule has 0 aliphatic heterocycles. The maximum atomic E-state index is 5.16. The van der Waals surface area contributed by atoms with Gasteiger partial charge in [-0.1, -0.05) is 29.2 Å². The molecule has 3 heterocycles. The molecule has 3 rings (SSSR count). The molecule has 0 radical (unpaired) electrons. The highest BCUT2D eigenvalue weighted by Crippen LogP contribution is 2.31. The zero-order valence-corrected chi connectivity index (χ0v) is 13.3. The van der Waals surface area contributed by atoms with Crippen LogP contribution >= 0.6 is 34.0 Å². The van der Waals surface area contributed by atoms with Crippen molar-refractivity contribution in [1.82, 2.24) is 0 Å². The first-order chi connectivity index (χ1) is 9.85. The van der Waals surface area contributed by atoms with Crippen LogP contribution in [0.15, 0.2) is 41.8 Å². The molecule has 1 nitrogen and oxygen atoms in total. The lowest BCUT2D eigenvalue weighted by atomic mass is 10.3. The van der Waals surface area contributed by atoms with Crippen molar-refractivity contribution >= 4 is 34.0 Å². The summed E-state index contributed by atoms with van der Waals surface area (Å²) in [5, 5.41) is 3.02. The van der Waals surface area contributed by atoms with Crippen molar-refractivity contribution in [3.8, 4) is 26.7 Å². The van der Waals surface area contributed by atoms with Gasteiger partial charge in [0.15, 0.2) is 5.06 Å². The van der Waals surface area contributed by atoms with E-state index in [1.54, 1.807) is 29.8 Å². The van der Waals surface area contributed by atoms with Crippen LogP contribution in [0, 0.1) is 11.8 Å². The molecular formula is C16H12OS3. The van der Waals surface area contributed by atoms with Gasteiger partial charge in [0.05, 0.1) is 12.0 Å². The van der Waals surface area contributed by atoms with Crippen molar-refractivity contribution in [2.24, 2.45) is 0 Å². The Kier molecular flexibility index (Phi) is 4.22. The summed E-state index contributed by atoms with van der Waals surface area (Å²) in [4.78, 5) is 5.02. The summed E-state index contributed by atoms with van der Waals surface area (Å²) in [7, 11) is 1.68. The number of ether oxygens (including phenoxy) is 1. The van der Waals surface area contributed by atoms with Gasteiger partial charge in [-0.05, 0) is 35.7 Å². The van der Waals surface area contributed by atoms with Gasteiger partial charge in [0.2, 0.25) is 0 Å². The molecule has 3 aromatic rings. The second kappa shape index (κ2) is 6.27. The van der Waals surface area contributed by atoms with Crippen LogP contribution in [0.5, 0.6) is 5.06 Å². The minimum Gasteiger partial charge on any atom is -0.487 e. The average Bonchev–Trinajstić information content (AvgIpc) is 3.20. The average molecular weight is 316 g/mol. The lowest BCUT2D eigenvalue weighted by Gasteiger charge is -1.88. The topological polar surface area (TPSA) is 9.23 Å². The van der Waals surface area contributed by atoms with Crippen molar-refractivity contribution in [3.05, 3.63) is 51.5 Å². The fraction of sp³-hybridized carbons (Fsp3) is 0.125. The third kappa shape index (κ3) is 3.13. The predicted octanol–water partition coefficient (Wildman–Crippen LogP) is 5.14. The van der Waals surface area contributed by atoms with Crippen molar-refractivity contribution in [1.29, 1.82) is 0 Å². The predicted molar refractivity (Wildman–Crippen MR) is 89.1 cm³/mol. The summed E-state index contributed by atoms with van der Waals surface area (Å²) in [6.07, 6.45) is 0.802. The van der Waals surface area contributed by atoms with E-state index >= 15 is 0 Å². The molecule has 100 valence electrons. The van der Waals surface area contributed by atoms with Gasteiger partial charge in [-0.25, -0.2) is 0 Å². The van der Waals surface area contributed by atoms with E-state index in [0.29, 0.717) is 0 Å². The van der Waals surface area contributed by atoms with Crippen LogP contribution in [0.1, 0.15) is 9.75 Å². The first-order valence-corrected chi connectivity index (χ1v) is 8.62. The molecule has 0 atom stereocenters. The quantitative estimate of drug-likeness (QED) is 0.608. The van der Waals surface area contributed by atoms with E-state index in [-0.39, 0.29) is 0 Å². The molecule has 0 unspecified atom stereocenters. The van der Waals surface area contributed by atoms with Crippen LogP contribution < -0.4 is 4.74 Å². The molecule has 20 heavy (non-hydrogen) atoms. The van der Waals surface area contributed by atoms with Gasteiger partial charge in [-0.15, -0.1) is 22.7 Å². The monoisotopic (exact) mass is 316 g/mol. The van der Waals surface area contributed by atoms with Crippen LogP contribution in [-0.2, 0) is 6.42 Å². The van der Waals surface area contributed by atoms with E-state index in [4.69, 9.17) is 4.74 Å². The third-order valence-electron chi connectivity index (χ3n) is 2.68. The maximum Gasteiger partial charge on any atom is 0.174 e. The van der Waals surface area contributed by atoms with Gasteiger partial charge >= 0.3 is 0 Å². The van der Waals surface area contributed by atoms with E-state index in [1.165, 1.54) is 14.6 Å². The summed E-state index contributed by atoms with van der Waals surface area (Å²) in [5.74, 6) is 6.42. The Hall–Kier alpha value is -1.54. The highest BCUT2D eigenvalue weighted by molar-refractivity contribution is 7.21. The summed E-state index contributed by atoms with van der Waals surface area (Å²) >= 11 is 5.18. The van der Waals surface area contributed by atoms with E-state index in [0.717, 1.165) is 16.4 Å². The largest absolute Gasteiger partial charge is 0.487 e. The van der Waals surface area contributed by atoms with Crippen LogP contribution in [0.2, 0.25) is 0 Å². The Bertz CT molecular complexity index is 738. The fourth-order valence-electron chi connectivity index (χ4n) is 1.74. The first kappa shape index (κ1) is 13.4. The molecule has 0 aliphatic rings. The smallest absolute Gasteiger partial charge is 0.174 e. The Morgan fingerprint density at radius 1 is 1.05 bits per heavy atom. The first-order valence-electron chi connectivity index (χ1n) is 6.10. The molecule has 0 aliphatic carbocycles. The fourth-order valence-corrected chi connectivity index (χ4v) is 4.22. The molecule has 0 aromatic carbocycles. The van der Waals surface area contributed by atoms with Crippen molar-refractivity contribution in [2.45, 2.75) is 6.42 Å². The molecule has 0 N–H and O–H groups in total. The van der Waals surface area contributed by atoms with E-state index < -0.39 is 0 Å². The number of rotatable bonds is 3. The molecule has 0 spiro atoms. The highest BCUT2D eigenvalue weighted by atomic mass is 32.1. The van der Waals surface area contributed by atoms with Crippen molar-refractivity contribution in [2.75, 3.05) is 7.11 Å². The van der Waals surface area contributed by atoms with Crippen LogP contribution in [-0.4, -0.2) is 7.11 Å². The second-order valence-electron chi connectivity index (χ2n) is 4.04. The highest BCUT2D eigenvalue weighted by Gasteiger charge is 2.02. The standard InChI is InChI=1S/C16H12OS3/c1-17-16-10-8-13(20-16)5-2-4-12-7-9-15(19-12)14-6-3-11-18-14/h3,6-11H,4H2,1H3. The minimum absolute atomic E-state index is 0.802. The third-order valence-corrected chi connectivity index (χ3v) is 5.80. The Morgan fingerprint density at radius 3 is 2.75 bits per heavy atom. The summed E-state index contributed by atoms with van der Waals surface area (Å²) < 4.78 is 5.16. The van der Waals surface area contributed by atoms with Gasteiger partial charge in [0, 0.05) is 21.1 Å². The Balaban J connectivity index is 1.67. The van der Waals surface area contributed by atoms with Gasteiger partial charge in [-0.2, -0.15) is 0 Å². The number of thiophene rings is 3. The molecule has 0 amide bonds. The molecule has 0 fully saturated rings. The van der Waals surface area contributed by atoms with Gasteiger partial charge in [-0.3, -0.25) is 0 Å². The van der Waals surface area contributed by atoms with Crippen molar-refractivity contribution < 1.29 is 4.74 Å². The van der Waals surface area contributed by atoms with Crippen molar-refractivity contribution in [3.63, 3.8) is 0 Å². The minimum atomic E-state index is 0.802. The molecular weight excluding hydrogens is 304 g/mol. The van der Waals surface area contributed by atoms with E-state index in [9.17, 15) is 0 Å². The van der Waals surface area contributed by atoms with Gasteiger partial charge in [0.25, 0.3) is 0 Å². The van der Waals surface area contributed by atoms with E-state index in [1.807, 2.05) is 23.5 Å². The number of methoxy groups -OCH3 is 1. The Labute approximate surface area is 130 Å². The molecule has 0 bridgehead atoms. The van der Waals surface area contributed by atoms with Crippen LogP contribution in [0.4, 0.5) is 0 Å². The zero-order valence-electron chi connectivity index (χ0n) is 10.9. The number of hydrogen-bond acceptors (Lipinski definition) is 4. The summed E-state index contributed by atoms with van der Waals surface area (Å²) in [6, 6.07) is 12.6. The van der Waals surface area contributed by atoms with Crippen LogP contribution in [0.3, 0.4) is 0 Å². The zero-order chi connectivity index (χ0) is 13.8. The SMILES string of the molecule is COc1ccc(C#CCc2ccc(-c3cccs3)s2)s1. The van der Waals surface area contributed by atoms with Crippen LogP contribution in [0.25, 0.3) is 9.75 Å². The summed E-state index contributed by atoms with van der Waals surface area (Å²) in [5.41, 5.74) is 0. The lowest BCUT2D eigenvalue weighted by Crippen LogP contribution is -1.73. The molecule has 0 saturated heterocycles. The van der Waals surface area contributed by atoms with E-state index in [2.05, 4.69) is 41.5 Å². The summed E-state index contributed by atoms with van der Waals surface area (Å²) in [6.45, 7) is 0. The van der Waals surface area contributed by atoms with Gasteiger partial charge < -0.3 is 4.74 Å². The molecule has 4 heteroatoms.